The van der Waals surface area contributed by atoms with Crippen molar-refractivity contribution in [1.29, 1.82) is 0 Å². The summed E-state index contributed by atoms with van der Waals surface area (Å²) in [5.41, 5.74) is 8.24. The van der Waals surface area contributed by atoms with Crippen LogP contribution in [0.15, 0.2) is 66.7 Å². The molecule has 0 aliphatic heterocycles. The standard InChI is InChI=1S/C21H14ClN3O3/c22-16-4-2-1-3-15(16)19(26)12-5-7-13(8-6-12)20-24-17-10-9-14(28-21(23)27)11-18(17)25-20/h1-11H,(H2,23,27)(H,24,25). The second-order valence-corrected chi connectivity index (χ2v) is 6.48. The van der Waals surface area contributed by atoms with E-state index in [-0.39, 0.29) is 5.78 Å². The molecule has 0 atom stereocenters. The van der Waals surface area contributed by atoms with E-state index in [4.69, 9.17) is 22.1 Å². The van der Waals surface area contributed by atoms with Crippen molar-refractivity contribution in [2.75, 3.05) is 0 Å². The Hall–Kier alpha value is -3.64. The van der Waals surface area contributed by atoms with Crippen LogP contribution in [0.3, 0.4) is 0 Å². The molecule has 1 amide bonds. The lowest BCUT2D eigenvalue weighted by molar-refractivity contribution is 0.103. The molecule has 6 nitrogen and oxygen atoms in total. The summed E-state index contributed by atoms with van der Waals surface area (Å²) in [5, 5.41) is 0.419. The zero-order valence-corrected chi connectivity index (χ0v) is 15.2. The molecular weight excluding hydrogens is 378 g/mol. The van der Waals surface area contributed by atoms with Crippen LogP contribution in [-0.2, 0) is 0 Å². The summed E-state index contributed by atoms with van der Waals surface area (Å²) in [6.45, 7) is 0. The Morgan fingerprint density at radius 2 is 1.75 bits per heavy atom. The molecule has 7 heteroatoms. The predicted octanol–water partition coefficient (Wildman–Crippen LogP) is 4.57. The van der Waals surface area contributed by atoms with E-state index >= 15 is 0 Å². The van der Waals surface area contributed by atoms with E-state index in [1.165, 1.54) is 0 Å². The molecule has 0 aliphatic rings. The van der Waals surface area contributed by atoms with Gasteiger partial charge in [-0.15, -0.1) is 0 Å². The van der Waals surface area contributed by atoms with Gasteiger partial charge in [0.05, 0.1) is 16.1 Å². The third kappa shape index (κ3) is 3.45. The number of primary amides is 1. The fourth-order valence-electron chi connectivity index (χ4n) is 2.88. The number of H-pyrrole nitrogens is 1. The Morgan fingerprint density at radius 1 is 1.00 bits per heavy atom. The maximum Gasteiger partial charge on any atom is 0.409 e. The van der Waals surface area contributed by atoms with E-state index in [1.54, 1.807) is 54.6 Å². The normalized spacial score (nSPS) is 10.8. The highest BCUT2D eigenvalue weighted by molar-refractivity contribution is 6.35. The highest BCUT2D eigenvalue weighted by atomic mass is 35.5. The maximum atomic E-state index is 12.6. The molecule has 3 N–H and O–H groups in total. The van der Waals surface area contributed by atoms with Crippen LogP contribution in [-0.4, -0.2) is 21.8 Å². The van der Waals surface area contributed by atoms with Crippen LogP contribution in [0.1, 0.15) is 15.9 Å². The van der Waals surface area contributed by atoms with Crippen molar-refractivity contribution in [3.05, 3.63) is 82.9 Å². The SMILES string of the molecule is NC(=O)Oc1ccc2[nH]c(-c3ccc(C(=O)c4ccccc4Cl)cc3)nc2c1. The third-order valence-corrected chi connectivity index (χ3v) is 4.54. The third-order valence-electron chi connectivity index (χ3n) is 4.21. The minimum atomic E-state index is -0.881. The zero-order chi connectivity index (χ0) is 19.7. The first-order valence-electron chi connectivity index (χ1n) is 8.38. The van der Waals surface area contributed by atoms with Crippen molar-refractivity contribution in [3.8, 4) is 17.1 Å². The molecule has 0 radical (unpaired) electrons. The molecule has 4 aromatic rings. The lowest BCUT2D eigenvalue weighted by atomic mass is 10.0. The van der Waals surface area contributed by atoms with Crippen molar-refractivity contribution in [3.63, 3.8) is 0 Å². The molecule has 0 bridgehead atoms. The van der Waals surface area contributed by atoms with Gasteiger partial charge in [-0.3, -0.25) is 4.79 Å². The number of carbonyl (C=O) groups excluding carboxylic acids is 2. The number of benzene rings is 3. The van der Waals surface area contributed by atoms with Gasteiger partial charge in [0.2, 0.25) is 0 Å². The summed E-state index contributed by atoms with van der Waals surface area (Å²) < 4.78 is 4.87. The molecule has 3 aromatic carbocycles. The average Bonchev–Trinajstić information content (AvgIpc) is 3.11. The number of aromatic amines is 1. The first-order chi connectivity index (χ1) is 13.5. The van der Waals surface area contributed by atoms with Gasteiger partial charge in [0, 0.05) is 22.8 Å². The second-order valence-electron chi connectivity index (χ2n) is 6.07. The van der Waals surface area contributed by atoms with Crippen molar-refractivity contribution < 1.29 is 14.3 Å². The Morgan fingerprint density at radius 3 is 2.46 bits per heavy atom. The Labute approximate surface area is 164 Å². The zero-order valence-electron chi connectivity index (χ0n) is 14.5. The van der Waals surface area contributed by atoms with Crippen LogP contribution in [0.2, 0.25) is 5.02 Å². The Kier molecular flexibility index (Phi) is 4.55. The van der Waals surface area contributed by atoms with Gasteiger partial charge >= 0.3 is 6.09 Å². The molecule has 0 aliphatic carbocycles. The molecule has 0 unspecified atom stereocenters. The summed E-state index contributed by atoms with van der Waals surface area (Å²) in [6, 6.07) is 19.0. The molecular formula is C21H14ClN3O3. The number of nitrogens with zero attached hydrogens (tertiary/aromatic N) is 1. The molecule has 1 heterocycles. The van der Waals surface area contributed by atoms with Crippen LogP contribution >= 0.6 is 11.6 Å². The molecule has 0 saturated heterocycles. The summed E-state index contributed by atoms with van der Waals surface area (Å²) in [5.74, 6) is 0.803. The topological polar surface area (TPSA) is 98.1 Å². The van der Waals surface area contributed by atoms with Gasteiger partial charge in [-0.25, -0.2) is 9.78 Å². The molecule has 0 fully saturated rings. The number of hydrogen-bond acceptors (Lipinski definition) is 4. The second kappa shape index (κ2) is 7.17. The number of carbonyl (C=O) groups is 2. The van der Waals surface area contributed by atoms with Gasteiger partial charge in [-0.05, 0) is 24.3 Å². The fraction of sp³-hybridized carbons (Fsp3) is 0. The lowest BCUT2D eigenvalue weighted by Gasteiger charge is -2.04. The van der Waals surface area contributed by atoms with E-state index in [1.807, 2.05) is 12.1 Å². The number of amides is 1. The van der Waals surface area contributed by atoms with E-state index < -0.39 is 6.09 Å². The number of ketones is 1. The largest absolute Gasteiger partial charge is 0.410 e. The van der Waals surface area contributed by atoms with Crippen LogP contribution in [0.4, 0.5) is 4.79 Å². The fourth-order valence-corrected chi connectivity index (χ4v) is 3.10. The van der Waals surface area contributed by atoms with Gasteiger partial charge in [-0.2, -0.15) is 0 Å². The lowest BCUT2D eigenvalue weighted by Crippen LogP contribution is -2.16. The molecule has 0 saturated carbocycles. The quantitative estimate of drug-likeness (QED) is 0.498. The van der Waals surface area contributed by atoms with Crippen molar-refractivity contribution in [2.45, 2.75) is 0 Å². The van der Waals surface area contributed by atoms with E-state index in [2.05, 4.69) is 9.97 Å². The first-order valence-corrected chi connectivity index (χ1v) is 8.76. The number of hydrogen-bond donors (Lipinski definition) is 2. The Balaban J connectivity index is 1.62. The van der Waals surface area contributed by atoms with Crippen molar-refractivity contribution >= 4 is 34.5 Å². The summed E-state index contributed by atoms with van der Waals surface area (Å²) in [4.78, 5) is 31.2. The van der Waals surface area contributed by atoms with Crippen LogP contribution in [0, 0.1) is 0 Å². The average molecular weight is 392 g/mol. The summed E-state index contributed by atoms with van der Waals surface area (Å²) in [6.07, 6.45) is -0.881. The molecule has 28 heavy (non-hydrogen) atoms. The molecule has 4 rings (SSSR count). The van der Waals surface area contributed by atoms with Crippen molar-refractivity contribution in [2.24, 2.45) is 5.73 Å². The maximum absolute atomic E-state index is 12.6. The molecule has 1 aromatic heterocycles. The van der Waals surface area contributed by atoms with Crippen LogP contribution in [0.25, 0.3) is 22.4 Å². The highest BCUT2D eigenvalue weighted by Gasteiger charge is 2.13. The van der Waals surface area contributed by atoms with Gasteiger partial charge < -0.3 is 15.5 Å². The van der Waals surface area contributed by atoms with Gasteiger partial charge in [0.15, 0.2) is 5.78 Å². The monoisotopic (exact) mass is 391 g/mol. The number of halogens is 1. The predicted molar refractivity (Wildman–Crippen MR) is 107 cm³/mol. The number of fused-ring (bicyclic) bond motifs is 1. The number of rotatable bonds is 4. The summed E-state index contributed by atoms with van der Waals surface area (Å²) >= 11 is 6.11. The van der Waals surface area contributed by atoms with E-state index in [0.717, 1.165) is 11.1 Å². The smallest absolute Gasteiger partial charge is 0.409 e. The summed E-state index contributed by atoms with van der Waals surface area (Å²) in [7, 11) is 0. The van der Waals surface area contributed by atoms with Crippen LogP contribution < -0.4 is 10.5 Å². The van der Waals surface area contributed by atoms with Gasteiger partial charge in [0.25, 0.3) is 0 Å². The minimum absolute atomic E-state index is 0.144. The van der Waals surface area contributed by atoms with Gasteiger partial charge in [-0.1, -0.05) is 48.0 Å². The van der Waals surface area contributed by atoms with E-state index in [0.29, 0.717) is 33.2 Å². The number of nitrogens with one attached hydrogen (secondary N) is 1. The number of ether oxygens (including phenoxy) is 1. The van der Waals surface area contributed by atoms with Crippen LogP contribution in [0.5, 0.6) is 5.75 Å². The number of imidazole rings is 1. The Bertz CT molecular complexity index is 1200. The van der Waals surface area contributed by atoms with E-state index in [9.17, 15) is 9.59 Å². The number of nitrogens with two attached hydrogens (primary N) is 1. The molecule has 138 valence electrons. The minimum Gasteiger partial charge on any atom is -0.410 e. The molecule has 0 spiro atoms. The van der Waals surface area contributed by atoms with Crippen molar-refractivity contribution in [1.82, 2.24) is 9.97 Å². The first kappa shape index (κ1) is 17.8. The van der Waals surface area contributed by atoms with Gasteiger partial charge in [0.1, 0.15) is 11.6 Å². The highest BCUT2D eigenvalue weighted by Crippen LogP contribution is 2.25. The number of aromatic nitrogens is 2.